The molecule has 0 aliphatic carbocycles. The van der Waals surface area contributed by atoms with Crippen molar-refractivity contribution in [1.29, 1.82) is 0 Å². The normalized spacial score (nSPS) is 10.3. The van der Waals surface area contributed by atoms with E-state index in [0.717, 1.165) is 11.6 Å². The van der Waals surface area contributed by atoms with Crippen LogP contribution in [0, 0.1) is 11.6 Å². The van der Waals surface area contributed by atoms with Gasteiger partial charge in [-0.3, -0.25) is 4.79 Å². The summed E-state index contributed by atoms with van der Waals surface area (Å²) in [5.74, 6) is -2.78. The first-order valence-electron chi connectivity index (χ1n) is 5.44. The number of carbonyl (C=O) groups is 1. The first-order chi connectivity index (χ1) is 9.09. The maximum Gasteiger partial charge on any atom is 0.255 e. The summed E-state index contributed by atoms with van der Waals surface area (Å²) in [7, 11) is 0. The van der Waals surface area contributed by atoms with Gasteiger partial charge in [0, 0.05) is 0 Å². The number of hydrogen-bond donors (Lipinski definition) is 0. The lowest BCUT2D eigenvalue weighted by atomic mass is 10.2. The molecular weight excluding hydrogens is 274 g/mol. The monoisotopic (exact) mass is 282 g/mol. The molecule has 19 heavy (non-hydrogen) atoms. The molecule has 0 aliphatic heterocycles. The predicted octanol–water partition coefficient (Wildman–Crippen LogP) is 3.92. The van der Waals surface area contributed by atoms with Crippen LogP contribution in [-0.4, -0.2) is 5.24 Å². The molecule has 0 atom stereocenters. The Labute approximate surface area is 113 Å². The molecule has 0 fully saturated rings. The van der Waals surface area contributed by atoms with Gasteiger partial charge in [-0.2, -0.15) is 4.39 Å². The van der Waals surface area contributed by atoms with E-state index in [0.29, 0.717) is 0 Å². The minimum atomic E-state index is -1.30. The van der Waals surface area contributed by atoms with Gasteiger partial charge in [-0.15, -0.1) is 0 Å². The van der Waals surface area contributed by atoms with E-state index in [9.17, 15) is 13.6 Å². The zero-order valence-electron chi connectivity index (χ0n) is 9.70. The van der Waals surface area contributed by atoms with Gasteiger partial charge >= 0.3 is 0 Å². The Balaban J connectivity index is 2.18. The van der Waals surface area contributed by atoms with E-state index in [2.05, 4.69) is 0 Å². The molecule has 2 rings (SSSR count). The third-order valence-electron chi connectivity index (χ3n) is 2.50. The molecule has 0 aliphatic rings. The smallest absolute Gasteiger partial charge is 0.255 e. The number of halogens is 3. The van der Waals surface area contributed by atoms with Crippen LogP contribution >= 0.6 is 11.6 Å². The highest BCUT2D eigenvalue weighted by molar-refractivity contribution is 6.67. The van der Waals surface area contributed by atoms with Crippen molar-refractivity contribution in [3.8, 4) is 5.75 Å². The molecule has 0 N–H and O–H groups in total. The molecule has 0 unspecified atom stereocenters. The van der Waals surface area contributed by atoms with Crippen molar-refractivity contribution in [2.24, 2.45) is 0 Å². The molecular formula is C14H9ClF2O2. The van der Waals surface area contributed by atoms with Crippen LogP contribution in [0.25, 0.3) is 0 Å². The zero-order valence-corrected chi connectivity index (χ0v) is 10.5. The Morgan fingerprint density at radius 2 is 1.74 bits per heavy atom. The van der Waals surface area contributed by atoms with E-state index < -0.39 is 22.4 Å². The SMILES string of the molecule is O=C(Cl)c1ccc(OCc2ccccc2)c(F)c1F. The van der Waals surface area contributed by atoms with Gasteiger partial charge in [-0.25, -0.2) is 4.39 Å². The third-order valence-corrected chi connectivity index (χ3v) is 2.70. The molecule has 2 aromatic carbocycles. The van der Waals surface area contributed by atoms with Crippen molar-refractivity contribution >= 4 is 16.8 Å². The molecule has 0 saturated carbocycles. The van der Waals surface area contributed by atoms with Gasteiger partial charge in [0.05, 0.1) is 5.56 Å². The van der Waals surface area contributed by atoms with Crippen molar-refractivity contribution in [1.82, 2.24) is 0 Å². The minimum Gasteiger partial charge on any atom is -0.486 e. The van der Waals surface area contributed by atoms with E-state index >= 15 is 0 Å². The first kappa shape index (κ1) is 13.5. The minimum absolute atomic E-state index is 0.103. The summed E-state index contributed by atoms with van der Waals surface area (Å²) >= 11 is 5.12. The standard InChI is InChI=1S/C14H9ClF2O2/c15-14(18)10-6-7-11(13(17)12(10)16)19-8-9-4-2-1-3-5-9/h1-7H,8H2. The van der Waals surface area contributed by atoms with Gasteiger partial charge < -0.3 is 4.74 Å². The van der Waals surface area contributed by atoms with Crippen LogP contribution in [0.1, 0.15) is 15.9 Å². The Bertz CT molecular complexity index is 600. The lowest BCUT2D eigenvalue weighted by Gasteiger charge is -2.08. The molecule has 2 aromatic rings. The third kappa shape index (κ3) is 3.09. The fourth-order valence-electron chi connectivity index (χ4n) is 1.53. The number of hydrogen-bond acceptors (Lipinski definition) is 2. The first-order valence-corrected chi connectivity index (χ1v) is 5.82. The zero-order chi connectivity index (χ0) is 13.8. The average Bonchev–Trinajstić information content (AvgIpc) is 2.41. The Kier molecular flexibility index (Phi) is 4.12. The van der Waals surface area contributed by atoms with Crippen molar-refractivity contribution in [3.63, 3.8) is 0 Å². The molecule has 0 amide bonds. The van der Waals surface area contributed by atoms with Crippen LogP contribution in [0.2, 0.25) is 0 Å². The summed E-state index contributed by atoms with van der Waals surface area (Å²) in [6.07, 6.45) is 0. The van der Waals surface area contributed by atoms with E-state index in [1.807, 2.05) is 18.2 Å². The molecule has 5 heteroatoms. The number of carbonyl (C=O) groups excluding carboxylic acids is 1. The lowest BCUT2D eigenvalue weighted by Crippen LogP contribution is -2.03. The van der Waals surface area contributed by atoms with Gasteiger partial charge in [0.25, 0.3) is 5.24 Å². The molecule has 0 radical (unpaired) electrons. The average molecular weight is 283 g/mol. The Morgan fingerprint density at radius 1 is 1.05 bits per heavy atom. The fraction of sp³-hybridized carbons (Fsp3) is 0.0714. The molecule has 0 aromatic heterocycles. The van der Waals surface area contributed by atoms with Crippen LogP contribution in [-0.2, 0) is 6.61 Å². The van der Waals surface area contributed by atoms with Crippen molar-refractivity contribution in [3.05, 3.63) is 65.2 Å². The van der Waals surface area contributed by atoms with Crippen LogP contribution in [0.5, 0.6) is 5.75 Å². The predicted molar refractivity (Wildman–Crippen MR) is 67.3 cm³/mol. The number of rotatable bonds is 4. The second-order valence-corrected chi connectivity index (χ2v) is 4.13. The van der Waals surface area contributed by atoms with Gasteiger partial charge in [-0.1, -0.05) is 30.3 Å². The van der Waals surface area contributed by atoms with Gasteiger partial charge in [-0.05, 0) is 29.3 Å². The molecule has 98 valence electrons. The van der Waals surface area contributed by atoms with E-state index in [4.69, 9.17) is 16.3 Å². The van der Waals surface area contributed by atoms with Crippen LogP contribution < -0.4 is 4.74 Å². The van der Waals surface area contributed by atoms with Gasteiger partial charge in [0.15, 0.2) is 11.6 Å². The summed E-state index contributed by atoms with van der Waals surface area (Å²) in [5.41, 5.74) is 0.311. The van der Waals surface area contributed by atoms with Crippen molar-refractivity contribution in [2.75, 3.05) is 0 Å². The summed E-state index contributed by atoms with van der Waals surface area (Å²) < 4.78 is 32.3. The van der Waals surface area contributed by atoms with Crippen LogP contribution in [0.4, 0.5) is 8.78 Å². The largest absolute Gasteiger partial charge is 0.486 e. The Hall–Kier alpha value is -1.94. The second-order valence-electron chi connectivity index (χ2n) is 3.79. The van der Waals surface area contributed by atoms with E-state index in [-0.39, 0.29) is 12.4 Å². The van der Waals surface area contributed by atoms with Gasteiger partial charge in [0.2, 0.25) is 5.82 Å². The Morgan fingerprint density at radius 3 is 2.37 bits per heavy atom. The molecule has 0 bridgehead atoms. The highest BCUT2D eigenvalue weighted by Gasteiger charge is 2.18. The topological polar surface area (TPSA) is 26.3 Å². The van der Waals surface area contributed by atoms with E-state index in [1.165, 1.54) is 6.07 Å². The molecule has 0 spiro atoms. The quantitative estimate of drug-likeness (QED) is 0.795. The maximum atomic E-state index is 13.6. The summed E-state index contributed by atoms with van der Waals surface area (Å²) in [4.78, 5) is 10.8. The second kappa shape index (κ2) is 5.80. The van der Waals surface area contributed by atoms with Crippen molar-refractivity contribution in [2.45, 2.75) is 6.61 Å². The molecule has 0 heterocycles. The van der Waals surface area contributed by atoms with Crippen molar-refractivity contribution < 1.29 is 18.3 Å². The fourth-order valence-corrected chi connectivity index (χ4v) is 1.68. The van der Waals surface area contributed by atoms with Crippen LogP contribution in [0.3, 0.4) is 0 Å². The highest BCUT2D eigenvalue weighted by atomic mass is 35.5. The summed E-state index contributed by atoms with van der Waals surface area (Å²) in [6, 6.07) is 11.3. The lowest BCUT2D eigenvalue weighted by molar-refractivity contribution is 0.107. The number of ether oxygens (including phenoxy) is 1. The number of benzene rings is 2. The van der Waals surface area contributed by atoms with Crippen LogP contribution in [0.15, 0.2) is 42.5 Å². The summed E-state index contributed by atoms with van der Waals surface area (Å²) in [6.45, 7) is 0.103. The van der Waals surface area contributed by atoms with Gasteiger partial charge in [0.1, 0.15) is 6.61 Å². The summed E-state index contributed by atoms with van der Waals surface area (Å²) in [5, 5.41) is -1.05. The maximum absolute atomic E-state index is 13.6. The van der Waals surface area contributed by atoms with E-state index in [1.54, 1.807) is 12.1 Å². The highest BCUT2D eigenvalue weighted by Crippen LogP contribution is 2.24. The molecule has 0 saturated heterocycles. The molecule has 2 nitrogen and oxygen atoms in total.